The molecule has 0 spiro atoms. The van der Waals surface area contributed by atoms with E-state index in [1.807, 2.05) is 30.3 Å². The highest BCUT2D eigenvalue weighted by atomic mass is 16.5. The number of carboxylic acids is 1. The normalized spacial score (nSPS) is 10.1. The molecule has 0 amide bonds. The molecular weight excluding hydrogens is 254 g/mol. The van der Waals surface area contributed by atoms with Crippen LogP contribution in [0, 0.1) is 0 Å². The molecule has 2 N–H and O–H groups in total. The molecule has 104 valence electrons. The van der Waals surface area contributed by atoms with E-state index in [0.29, 0.717) is 18.0 Å². The minimum absolute atomic E-state index is 0.249. The van der Waals surface area contributed by atoms with Crippen LogP contribution in [0.25, 0.3) is 0 Å². The second-order valence-corrected chi connectivity index (χ2v) is 4.38. The summed E-state index contributed by atoms with van der Waals surface area (Å²) in [5.41, 5.74) is 2.03. The molecule has 2 aromatic rings. The molecular formula is C16H17NO3. The van der Waals surface area contributed by atoms with Crippen molar-refractivity contribution < 1.29 is 14.6 Å². The molecule has 0 aromatic heterocycles. The predicted molar refractivity (Wildman–Crippen MR) is 78.6 cm³/mol. The van der Waals surface area contributed by atoms with Crippen LogP contribution >= 0.6 is 0 Å². The van der Waals surface area contributed by atoms with Crippen LogP contribution < -0.4 is 10.1 Å². The first-order valence-electron chi connectivity index (χ1n) is 6.40. The Morgan fingerprint density at radius 1 is 1.20 bits per heavy atom. The largest absolute Gasteiger partial charge is 0.497 e. The van der Waals surface area contributed by atoms with Crippen molar-refractivity contribution in [3.05, 3.63) is 59.7 Å². The maximum atomic E-state index is 11.2. The summed E-state index contributed by atoms with van der Waals surface area (Å²) >= 11 is 0. The first kappa shape index (κ1) is 13.9. The Morgan fingerprint density at radius 2 is 1.95 bits per heavy atom. The van der Waals surface area contributed by atoms with E-state index in [1.54, 1.807) is 25.3 Å². The smallest absolute Gasteiger partial charge is 0.337 e. The third-order valence-corrected chi connectivity index (χ3v) is 3.03. The molecule has 0 unspecified atom stereocenters. The summed E-state index contributed by atoms with van der Waals surface area (Å²) in [6, 6.07) is 14.9. The van der Waals surface area contributed by atoms with Gasteiger partial charge < -0.3 is 15.2 Å². The summed E-state index contributed by atoms with van der Waals surface area (Å²) in [4.78, 5) is 11.2. The minimum Gasteiger partial charge on any atom is -0.497 e. The molecule has 2 aromatic carbocycles. The van der Waals surface area contributed by atoms with E-state index in [2.05, 4.69) is 5.32 Å². The summed E-state index contributed by atoms with van der Waals surface area (Å²) in [7, 11) is 1.56. The zero-order chi connectivity index (χ0) is 14.4. The number of ether oxygens (including phenoxy) is 1. The van der Waals surface area contributed by atoms with Gasteiger partial charge in [0, 0.05) is 12.6 Å². The van der Waals surface area contributed by atoms with E-state index < -0.39 is 5.97 Å². The number of hydrogen-bond donors (Lipinski definition) is 2. The molecule has 0 aliphatic heterocycles. The Morgan fingerprint density at radius 3 is 2.60 bits per heavy atom. The Kier molecular flexibility index (Phi) is 4.60. The molecule has 0 aliphatic carbocycles. The maximum Gasteiger partial charge on any atom is 0.337 e. The molecule has 20 heavy (non-hydrogen) atoms. The second-order valence-electron chi connectivity index (χ2n) is 4.38. The highest BCUT2D eigenvalue weighted by molar-refractivity contribution is 5.94. The lowest BCUT2D eigenvalue weighted by molar-refractivity contribution is 0.0698. The first-order chi connectivity index (χ1) is 9.70. The van der Waals surface area contributed by atoms with Gasteiger partial charge in [-0.1, -0.05) is 30.3 Å². The number of rotatable bonds is 6. The zero-order valence-electron chi connectivity index (χ0n) is 11.3. The van der Waals surface area contributed by atoms with Gasteiger partial charge in [-0.3, -0.25) is 0 Å². The summed E-state index contributed by atoms with van der Waals surface area (Å²) in [5, 5.41) is 12.3. The minimum atomic E-state index is -0.949. The van der Waals surface area contributed by atoms with Gasteiger partial charge in [0.2, 0.25) is 0 Å². The van der Waals surface area contributed by atoms with Gasteiger partial charge in [0.05, 0.1) is 18.4 Å². The van der Waals surface area contributed by atoms with E-state index >= 15 is 0 Å². The summed E-state index contributed by atoms with van der Waals surface area (Å²) in [6.07, 6.45) is 0.830. The standard InChI is InChI=1S/C16H17NO3/c1-20-13-7-8-14(16(18)19)15(11-13)17-10-9-12-5-3-2-4-6-12/h2-8,11,17H,9-10H2,1H3,(H,18,19). The number of aromatic carboxylic acids is 1. The average Bonchev–Trinajstić information content (AvgIpc) is 2.48. The molecule has 4 nitrogen and oxygen atoms in total. The Labute approximate surface area is 118 Å². The Hall–Kier alpha value is -2.49. The quantitative estimate of drug-likeness (QED) is 0.847. The Balaban J connectivity index is 2.06. The molecule has 2 rings (SSSR count). The van der Waals surface area contributed by atoms with E-state index in [-0.39, 0.29) is 5.56 Å². The fourth-order valence-corrected chi connectivity index (χ4v) is 1.97. The van der Waals surface area contributed by atoms with Crippen LogP contribution in [-0.4, -0.2) is 24.7 Å². The molecule has 4 heteroatoms. The molecule has 0 heterocycles. The van der Waals surface area contributed by atoms with Gasteiger partial charge in [0.1, 0.15) is 5.75 Å². The number of nitrogens with one attached hydrogen (secondary N) is 1. The van der Waals surface area contributed by atoms with Crippen LogP contribution in [0.15, 0.2) is 48.5 Å². The number of anilines is 1. The van der Waals surface area contributed by atoms with Crippen LogP contribution in [0.5, 0.6) is 5.75 Å². The van der Waals surface area contributed by atoms with Crippen LogP contribution in [0.4, 0.5) is 5.69 Å². The predicted octanol–water partition coefficient (Wildman–Crippen LogP) is 3.05. The van der Waals surface area contributed by atoms with Crippen molar-refractivity contribution in [1.82, 2.24) is 0 Å². The highest BCUT2D eigenvalue weighted by Crippen LogP contribution is 2.22. The van der Waals surface area contributed by atoms with Gasteiger partial charge in [-0.2, -0.15) is 0 Å². The molecule has 0 fully saturated rings. The third-order valence-electron chi connectivity index (χ3n) is 3.03. The molecule has 0 saturated carbocycles. The van der Waals surface area contributed by atoms with Gasteiger partial charge in [-0.15, -0.1) is 0 Å². The molecule has 0 bridgehead atoms. The van der Waals surface area contributed by atoms with Gasteiger partial charge in [0.25, 0.3) is 0 Å². The fraction of sp³-hybridized carbons (Fsp3) is 0.188. The highest BCUT2D eigenvalue weighted by Gasteiger charge is 2.10. The SMILES string of the molecule is COc1ccc(C(=O)O)c(NCCc2ccccc2)c1. The van der Waals surface area contributed by atoms with Crippen LogP contribution in [0.1, 0.15) is 15.9 Å². The summed E-state index contributed by atoms with van der Waals surface area (Å²) in [6.45, 7) is 0.664. The van der Waals surface area contributed by atoms with Crippen molar-refractivity contribution in [3.8, 4) is 5.75 Å². The summed E-state index contributed by atoms with van der Waals surface area (Å²) < 4.78 is 5.12. The Bertz CT molecular complexity index is 582. The van der Waals surface area contributed by atoms with Gasteiger partial charge >= 0.3 is 5.97 Å². The lowest BCUT2D eigenvalue weighted by Gasteiger charge is -2.11. The number of methoxy groups -OCH3 is 1. The van der Waals surface area contributed by atoms with E-state index in [9.17, 15) is 4.79 Å². The van der Waals surface area contributed by atoms with Crippen molar-refractivity contribution in [2.75, 3.05) is 19.0 Å². The number of carbonyl (C=O) groups is 1. The lowest BCUT2D eigenvalue weighted by Crippen LogP contribution is -2.09. The maximum absolute atomic E-state index is 11.2. The van der Waals surface area contributed by atoms with Gasteiger partial charge in [-0.25, -0.2) is 4.79 Å². The van der Waals surface area contributed by atoms with E-state index in [1.165, 1.54) is 5.56 Å². The van der Waals surface area contributed by atoms with Crippen molar-refractivity contribution in [3.63, 3.8) is 0 Å². The number of hydrogen-bond acceptors (Lipinski definition) is 3. The number of benzene rings is 2. The second kappa shape index (κ2) is 6.61. The third kappa shape index (κ3) is 3.51. The topological polar surface area (TPSA) is 58.6 Å². The van der Waals surface area contributed by atoms with Crippen LogP contribution in [0.3, 0.4) is 0 Å². The van der Waals surface area contributed by atoms with E-state index in [4.69, 9.17) is 9.84 Å². The van der Waals surface area contributed by atoms with Crippen molar-refractivity contribution in [2.45, 2.75) is 6.42 Å². The zero-order valence-corrected chi connectivity index (χ0v) is 11.3. The van der Waals surface area contributed by atoms with Crippen molar-refractivity contribution >= 4 is 11.7 Å². The monoisotopic (exact) mass is 271 g/mol. The van der Waals surface area contributed by atoms with Crippen LogP contribution in [0.2, 0.25) is 0 Å². The number of carboxylic acid groups (broad SMARTS) is 1. The summed E-state index contributed by atoms with van der Waals surface area (Å²) in [5.74, 6) is -0.313. The molecule has 0 radical (unpaired) electrons. The van der Waals surface area contributed by atoms with Gasteiger partial charge in [0.15, 0.2) is 0 Å². The van der Waals surface area contributed by atoms with Gasteiger partial charge in [-0.05, 0) is 24.1 Å². The lowest BCUT2D eigenvalue weighted by atomic mass is 10.1. The molecule has 0 saturated heterocycles. The average molecular weight is 271 g/mol. The van der Waals surface area contributed by atoms with Crippen LogP contribution in [-0.2, 0) is 6.42 Å². The fourth-order valence-electron chi connectivity index (χ4n) is 1.97. The van der Waals surface area contributed by atoms with Crippen molar-refractivity contribution in [1.29, 1.82) is 0 Å². The van der Waals surface area contributed by atoms with Crippen molar-refractivity contribution in [2.24, 2.45) is 0 Å². The van der Waals surface area contributed by atoms with E-state index in [0.717, 1.165) is 6.42 Å². The first-order valence-corrected chi connectivity index (χ1v) is 6.40. The molecule has 0 atom stereocenters. The molecule has 0 aliphatic rings.